The molecule has 0 amide bonds. The number of nitrogens with zero attached hydrogens (tertiary/aromatic N) is 3. The Morgan fingerprint density at radius 2 is 1.92 bits per heavy atom. The van der Waals surface area contributed by atoms with E-state index in [0.29, 0.717) is 17.1 Å². The van der Waals surface area contributed by atoms with Gasteiger partial charge in [0.05, 0.1) is 25.8 Å². The third kappa shape index (κ3) is 5.44. The van der Waals surface area contributed by atoms with E-state index in [1.807, 2.05) is 0 Å². The normalized spacial score (nSPS) is 14.4. The fourth-order valence-electron chi connectivity index (χ4n) is 4.60. The summed E-state index contributed by atoms with van der Waals surface area (Å²) in [6, 6.07) is 5.93. The Balaban J connectivity index is 1.81. The fourth-order valence-corrected chi connectivity index (χ4v) is 7.24. The van der Waals surface area contributed by atoms with E-state index in [1.54, 1.807) is 35.5 Å². The molecule has 1 saturated carbocycles. The van der Waals surface area contributed by atoms with E-state index in [9.17, 15) is 13.5 Å². The van der Waals surface area contributed by atoms with Crippen LogP contribution in [0.5, 0.6) is 17.2 Å². The lowest BCUT2D eigenvalue weighted by atomic mass is 9.94. The van der Waals surface area contributed by atoms with E-state index in [4.69, 9.17) is 21.1 Å². The van der Waals surface area contributed by atoms with Crippen LogP contribution in [0.3, 0.4) is 0 Å². The van der Waals surface area contributed by atoms with Crippen LogP contribution in [0.25, 0.3) is 0 Å². The van der Waals surface area contributed by atoms with Crippen molar-refractivity contribution < 1.29 is 27.4 Å². The minimum absolute atomic E-state index is 0.0400. The summed E-state index contributed by atoms with van der Waals surface area (Å²) in [6.45, 7) is -0.161. The van der Waals surface area contributed by atoms with Gasteiger partial charge in [0.25, 0.3) is 10.0 Å². The van der Waals surface area contributed by atoms with Crippen LogP contribution in [0.2, 0.25) is 5.02 Å². The molecule has 1 heterocycles. The summed E-state index contributed by atoms with van der Waals surface area (Å²) < 4.78 is 55.1. The molecule has 3 aromatic rings. The lowest BCUT2D eigenvalue weighted by molar-refractivity contribution is 0.391. The summed E-state index contributed by atoms with van der Waals surface area (Å²) in [5.74, 6) is -0.583. The highest BCUT2D eigenvalue weighted by Gasteiger charge is 2.35. The predicted octanol–water partition coefficient (Wildman–Crippen LogP) is 5.82. The Bertz CT molecular complexity index is 1350. The maximum atomic E-state index is 15.2. The van der Waals surface area contributed by atoms with Crippen LogP contribution in [0.15, 0.2) is 40.7 Å². The molecule has 4 rings (SSSR count). The van der Waals surface area contributed by atoms with E-state index in [0.717, 1.165) is 53.8 Å². The quantitative estimate of drug-likeness (QED) is 0.347. The molecule has 2 aromatic carbocycles. The van der Waals surface area contributed by atoms with Gasteiger partial charge in [-0.3, -0.25) is 0 Å². The molecule has 12 heteroatoms. The number of anilines is 2. The fraction of sp³-hybridized carbons (Fsp3) is 0.400. The zero-order valence-corrected chi connectivity index (χ0v) is 23.2. The minimum atomic E-state index is -4.45. The number of hydrogen-bond acceptors (Lipinski definition) is 8. The Hall–Kier alpha value is -2.76. The van der Waals surface area contributed by atoms with Gasteiger partial charge in [0.2, 0.25) is 0 Å². The van der Waals surface area contributed by atoms with Crippen LogP contribution < -0.4 is 18.7 Å². The zero-order valence-electron chi connectivity index (χ0n) is 20.8. The Kier molecular flexibility index (Phi) is 8.35. The maximum Gasteiger partial charge on any atom is 0.270 e. The van der Waals surface area contributed by atoms with Crippen molar-refractivity contribution in [3.05, 3.63) is 52.2 Å². The van der Waals surface area contributed by atoms with Crippen LogP contribution in [0, 0.1) is 5.82 Å². The average Bonchev–Trinajstić information content (AvgIpc) is 3.44. The molecule has 0 aliphatic heterocycles. The van der Waals surface area contributed by atoms with Gasteiger partial charge in [-0.2, -0.15) is 0 Å². The molecule has 8 nitrogen and oxygen atoms in total. The van der Waals surface area contributed by atoms with Crippen molar-refractivity contribution in [3.63, 3.8) is 0 Å². The number of ether oxygens (including phenoxy) is 2. The summed E-state index contributed by atoms with van der Waals surface area (Å²) in [5, 5.41) is 12.6. The molecule has 0 unspecified atom stereocenters. The van der Waals surface area contributed by atoms with Crippen molar-refractivity contribution in [1.82, 2.24) is 4.98 Å². The highest BCUT2D eigenvalue weighted by atomic mass is 35.5. The monoisotopic (exact) mass is 569 g/mol. The van der Waals surface area contributed by atoms with Crippen LogP contribution in [-0.2, 0) is 16.6 Å². The molecule has 0 saturated heterocycles. The SMILES string of the molecule is COc1ccc(CN(c2nccs2)S(=O)(=O)c2cc(Cl)c(F)c(N(C)C3CCCCC3)c2O)c(OC)c1. The standard InChI is InChI=1S/C25H29ClFN3O5S2/c1-29(17-7-5-4-6-8-17)23-22(27)19(26)14-21(24(23)31)37(32,33)30(25-28-11-12-36-25)15-16-9-10-18(34-2)13-20(16)35-3/h9-14,17,31H,4-8,15H2,1-3H3. The smallest absolute Gasteiger partial charge is 0.270 e. The van der Waals surface area contributed by atoms with Crippen molar-refractivity contribution >= 4 is 43.8 Å². The minimum Gasteiger partial charge on any atom is -0.504 e. The lowest BCUT2D eigenvalue weighted by Gasteiger charge is -2.34. The van der Waals surface area contributed by atoms with Crippen molar-refractivity contribution in [1.29, 1.82) is 0 Å². The van der Waals surface area contributed by atoms with Crippen LogP contribution in [0.1, 0.15) is 37.7 Å². The molecular formula is C25H29ClFN3O5S2. The van der Waals surface area contributed by atoms with Gasteiger partial charge in [0.15, 0.2) is 16.7 Å². The van der Waals surface area contributed by atoms with E-state index >= 15 is 4.39 Å². The number of aromatic hydroxyl groups is 1. The molecule has 1 aromatic heterocycles. The highest BCUT2D eigenvalue weighted by molar-refractivity contribution is 7.93. The van der Waals surface area contributed by atoms with Gasteiger partial charge in [-0.25, -0.2) is 22.1 Å². The van der Waals surface area contributed by atoms with Crippen LogP contribution in [0.4, 0.5) is 15.2 Å². The van der Waals surface area contributed by atoms with E-state index < -0.39 is 31.5 Å². The number of aromatic nitrogens is 1. The number of benzene rings is 2. The molecule has 1 N–H and O–H groups in total. The summed E-state index contributed by atoms with van der Waals surface area (Å²) in [6.07, 6.45) is 6.15. The van der Waals surface area contributed by atoms with Gasteiger partial charge in [-0.1, -0.05) is 30.9 Å². The molecule has 37 heavy (non-hydrogen) atoms. The van der Waals surface area contributed by atoms with Crippen LogP contribution >= 0.6 is 22.9 Å². The molecule has 1 aliphatic carbocycles. The second-order valence-electron chi connectivity index (χ2n) is 8.77. The number of phenolic OH excluding ortho intramolecular Hbond substituents is 1. The second kappa shape index (κ2) is 11.3. The first-order chi connectivity index (χ1) is 17.7. The third-order valence-corrected chi connectivity index (χ3v) is 9.55. The first kappa shape index (κ1) is 27.3. The Labute approximate surface area is 225 Å². The molecule has 0 bridgehead atoms. The number of thiazole rings is 1. The van der Waals surface area contributed by atoms with Gasteiger partial charge in [0.1, 0.15) is 22.1 Å². The lowest BCUT2D eigenvalue weighted by Crippen LogP contribution is -2.35. The largest absolute Gasteiger partial charge is 0.504 e. The molecular weight excluding hydrogens is 541 g/mol. The van der Waals surface area contributed by atoms with Crippen LogP contribution in [-0.4, -0.2) is 45.8 Å². The molecule has 0 spiro atoms. The van der Waals surface area contributed by atoms with Crippen molar-refractivity contribution in [2.45, 2.75) is 49.6 Å². The van der Waals surface area contributed by atoms with Gasteiger partial charge < -0.3 is 19.5 Å². The number of halogens is 2. The molecule has 0 radical (unpaired) electrons. The first-order valence-corrected chi connectivity index (χ1v) is 14.5. The van der Waals surface area contributed by atoms with Gasteiger partial charge in [-0.15, -0.1) is 11.3 Å². The highest BCUT2D eigenvalue weighted by Crippen LogP contribution is 2.44. The maximum absolute atomic E-state index is 15.2. The van der Waals surface area contributed by atoms with Crippen molar-refractivity contribution in [3.8, 4) is 17.2 Å². The summed E-state index contributed by atoms with van der Waals surface area (Å²) in [4.78, 5) is 5.30. The van der Waals surface area contributed by atoms with E-state index in [2.05, 4.69) is 4.98 Å². The van der Waals surface area contributed by atoms with Crippen molar-refractivity contribution in [2.24, 2.45) is 0 Å². The Morgan fingerprint density at radius 3 is 2.54 bits per heavy atom. The number of phenols is 1. The number of hydrogen-bond donors (Lipinski definition) is 1. The van der Waals surface area contributed by atoms with E-state index in [1.165, 1.54) is 20.4 Å². The summed E-state index contributed by atoms with van der Waals surface area (Å²) in [5.41, 5.74) is 0.313. The van der Waals surface area contributed by atoms with Gasteiger partial charge in [-0.05, 0) is 31.0 Å². The summed E-state index contributed by atoms with van der Waals surface area (Å²) >= 11 is 7.32. The molecule has 200 valence electrons. The molecule has 1 aliphatic rings. The topological polar surface area (TPSA) is 92.2 Å². The average molecular weight is 570 g/mol. The number of sulfonamides is 1. The van der Waals surface area contributed by atoms with Gasteiger partial charge >= 0.3 is 0 Å². The van der Waals surface area contributed by atoms with Gasteiger partial charge in [0, 0.05) is 36.3 Å². The molecule has 0 atom stereocenters. The summed E-state index contributed by atoms with van der Waals surface area (Å²) in [7, 11) is 0.191. The zero-order chi connectivity index (χ0) is 26.7. The van der Waals surface area contributed by atoms with Crippen molar-refractivity contribution in [2.75, 3.05) is 30.5 Å². The number of methoxy groups -OCH3 is 2. The molecule has 1 fully saturated rings. The predicted molar refractivity (Wildman–Crippen MR) is 143 cm³/mol. The Morgan fingerprint density at radius 1 is 1.19 bits per heavy atom. The van der Waals surface area contributed by atoms with E-state index in [-0.39, 0.29) is 23.4 Å². The first-order valence-electron chi connectivity index (χ1n) is 11.8. The second-order valence-corrected chi connectivity index (χ2v) is 11.9. The third-order valence-electron chi connectivity index (χ3n) is 6.62. The number of rotatable bonds is 9.